The van der Waals surface area contributed by atoms with Crippen LogP contribution in [0.5, 0.6) is 11.5 Å². The fourth-order valence-electron chi connectivity index (χ4n) is 6.78. The zero-order valence-electron chi connectivity index (χ0n) is 28.4. The lowest BCUT2D eigenvalue weighted by molar-refractivity contribution is 0.0883. The van der Waals surface area contributed by atoms with Crippen LogP contribution in [0.15, 0.2) is 29.8 Å². The number of hydrogen-bond donors (Lipinski definition) is 1. The van der Waals surface area contributed by atoms with Crippen molar-refractivity contribution < 1.29 is 14.6 Å². The van der Waals surface area contributed by atoms with E-state index in [4.69, 9.17) is 9.47 Å². The molecule has 0 bridgehead atoms. The van der Waals surface area contributed by atoms with E-state index in [2.05, 4.69) is 66.7 Å². The summed E-state index contributed by atoms with van der Waals surface area (Å²) in [6, 6.07) is 6.08. The first kappa shape index (κ1) is 34.2. The van der Waals surface area contributed by atoms with E-state index in [0.29, 0.717) is 12.4 Å². The molecule has 234 valence electrons. The van der Waals surface area contributed by atoms with E-state index in [1.807, 2.05) is 13.0 Å². The number of hydrogen-bond acceptors (Lipinski definition) is 3. The molecule has 0 heterocycles. The summed E-state index contributed by atoms with van der Waals surface area (Å²) in [7, 11) is 1.76. The smallest absolute Gasteiger partial charge is 0.122 e. The molecule has 0 radical (unpaired) electrons. The third-order valence-corrected chi connectivity index (χ3v) is 9.74. The number of ether oxygens (including phenoxy) is 2. The summed E-state index contributed by atoms with van der Waals surface area (Å²) in [5, 5.41) is 10.3. The van der Waals surface area contributed by atoms with Crippen molar-refractivity contribution in [2.24, 2.45) is 17.8 Å². The third-order valence-electron chi connectivity index (χ3n) is 9.74. The highest BCUT2D eigenvalue weighted by molar-refractivity contribution is 5.80. The predicted molar refractivity (Wildman–Crippen MR) is 180 cm³/mol. The maximum atomic E-state index is 10.3. The number of benzene rings is 2. The Morgan fingerprint density at radius 2 is 1.48 bits per heavy atom. The minimum Gasteiger partial charge on any atom is -0.508 e. The van der Waals surface area contributed by atoms with Crippen LogP contribution in [0.2, 0.25) is 0 Å². The van der Waals surface area contributed by atoms with Gasteiger partial charge in [0.2, 0.25) is 0 Å². The highest BCUT2D eigenvalue weighted by atomic mass is 16.5. The molecule has 0 saturated carbocycles. The standard InChI is InChI=1S/C39H60O3/c1-26(2)13-10-14-27(3)15-11-16-28(4)17-12-18-29(5)23-24-42-32(8)36-25-38(41-9)31(7)34-20-19-33-30(6)37(40)22-21-35(33)39(34)36/h21-23,25-28,32,40H,10-20,24H2,1-9H3. The molecule has 0 spiro atoms. The zero-order valence-corrected chi connectivity index (χ0v) is 28.4. The number of fused-ring (bicyclic) bond motifs is 3. The van der Waals surface area contributed by atoms with Gasteiger partial charge in [-0.15, -0.1) is 0 Å². The van der Waals surface area contributed by atoms with E-state index in [9.17, 15) is 5.11 Å². The molecule has 1 aliphatic rings. The second kappa shape index (κ2) is 16.6. The zero-order chi connectivity index (χ0) is 30.8. The lowest BCUT2D eigenvalue weighted by atomic mass is 9.78. The Morgan fingerprint density at radius 3 is 2.12 bits per heavy atom. The molecule has 0 saturated heterocycles. The molecule has 0 fully saturated rings. The summed E-state index contributed by atoms with van der Waals surface area (Å²) >= 11 is 0. The van der Waals surface area contributed by atoms with Crippen LogP contribution in [0, 0.1) is 31.6 Å². The highest BCUT2D eigenvalue weighted by Crippen LogP contribution is 2.45. The predicted octanol–water partition coefficient (Wildman–Crippen LogP) is 11.2. The Morgan fingerprint density at radius 1 is 0.857 bits per heavy atom. The highest BCUT2D eigenvalue weighted by Gasteiger charge is 2.27. The Balaban J connectivity index is 1.51. The normalized spacial score (nSPS) is 15.3. The summed E-state index contributed by atoms with van der Waals surface area (Å²) < 4.78 is 12.2. The van der Waals surface area contributed by atoms with Gasteiger partial charge in [-0.25, -0.2) is 0 Å². The topological polar surface area (TPSA) is 38.7 Å². The van der Waals surface area contributed by atoms with Crippen molar-refractivity contribution in [3.05, 3.63) is 57.7 Å². The van der Waals surface area contributed by atoms with E-state index < -0.39 is 0 Å². The first-order valence-electron chi connectivity index (χ1n) is 16.8. The van der Waals surface area contributed by atoms with Crippen LogP contribution in [0.4, 0.5) is 0 Å². The SMILES string of the molecule is COc1cc(C(C)OCC=C(C)CCCC(C)CCCC(C)CCCC(C)C)c2c(c1C)CCc1c-2ccc(O)c1C. The van der Waals surface area contributed by atoms with Crippen molar-refractivity contribution >= 4 is 0 Å². The minimum absolute atomic E-state index is 0.0647. The van der Waals surface area contributed by atoms with Gasteiger partial charge in [-0.1, -0.05) is 90.4 Å². The van der Waals surface area contributed by atoms with Crippen LogP contribution < -0.4 is 4.74 Å². The molecule has 1 N–H and O–H groups in total. The molecule has 42 heavy (non-hydrogen) atoms. The molecule has 2 aromatic rings. The quantitative estimate of drug-likeness (QED) is 0.190. The summed E-state index contributed by atoms with van der Waals surface area (Å²) in [6.45, 7) is 18.8. The van der Waals surface area contributed by atoms with Gasteiger partial charge in [0.15, 0.2) is 0 Å². The van der Waals surface area contributed by atoms with E-state index in [1.54, 1.807) is 7.11 Å². The van der Waals surface area contributed by atoms with Gasteiger partial charge >= 0.3 is 0 Å². The summed E-state index contributed by atoms with van der Waals surface area (Å²) in [5.74, 6) is 3.84. The number of allylic oxidation sites excluding steroid dienone is 1. The average Bonchev–Trinajstić information content (AvgIpc) is 2.94. The second-order valence-corrected chi connectivity index (χ2v) is 13.8. The number of aromatic hydroxyl groups is 1. The van der Waals surface area contributed by atoms with Crippen molar-refractivity contribution in [2.75, 3.05) is 13.7 Å². The van der Waals surface area contributed by atoms with Crippen LogP contribution in [0.25, 0.3) is 11.1 Å². The van der Waals surface area contributed by atoms with Gasteiger partial charge in [0.05, 0.1) is 19.8 Å². The van der Waals surface area contributed by atoms with Crippen molar-refractivity contribution in [2.45, 2.75) is 132 Å². The molecule has 3 atom stereocenters. The van der Waals surface area contributed by atoms with Crippen molar-refractivity contribution in [1.82, 2.24) is 0 Å². The molecular formula is C39H60O3. The average molecular weight is 577 g/mol. The molecule has 3 rings (SSSR count). The van der Waals surface area contributed by atoms with Crippen molar-refractivity contribution in [3.63, 3.8) is 0 Å². The van der Waals surface area contributed by atoms with E-state index in [1.165, 1.54) is 90.3 Å². The summed E-state index contributed by atoms with van der Waals surface area (Å²) in [6.07, 6.45) is 16.1. The van der Waals surface area contributed by atoms with Crippen LogP contribution in [0.1, 0.15) is 133 Å². The maximum Gasteiger partial charge on any atom is 0.122 e. The van der Waals surface area contributed by atoms with Crippen LogP contribution in [-0.4, -0.2) is 18.8 Å². The number of phenolic OH excluding ortho intramolecular Hbond substituents is 1. The van der Waals surface area contributed by atoms with Gasteiger partial charge in [-0.3, -0.25) is 0 Å². The van der Waals surface area contributed by atoms with Crippen LogP contribution in [0.3, 0.4) is 0 Å². The van der Waals surface area contributed by atoms with E-state index in [-0.39, 0.29) is 6.10 Å². The molecule has 1 aliphatic carbocycles. The molecule has 3 nitrogen and oxygen atoms in total. The summed E-state index contributed by atoms with van der Waals surface area (Å²) in [4.78, 5) is 0. The minimum atomic E-state index is -0.0647. The molecular weight excluding hydrogens is 516 g/mol. The molecule has 3 unspecified atom stereocenters. The molecule has 0 amide bonds. The van der Waals surface area contributed by atoms with E-state index >= 15 is 0 Å². The number of methoxy groups -OCH3 is 1. The lowest BCUT2D eigenvalue weighted by Gasteiger charge is -2.29. The maximum absolute atomic E-state index is 10.3. The van der Waals surface area contributed by atoms with Gasteiger partial charge in [0.25, 0.3) is 0 Å². The Kier molecular flexibility index (Phi) is 13.5. The number of phenols is 1. The Hall–Kier alpha value is -2.26. The van der Waals surface area contributed by atoms with E-state index in [0.717, 1.165) is 48.3 Å². The fourth-order valence-corrected chi connectivity index (χ4v) is 6.78. The third kappa shape index (κ3) is 9.37. The number of rotatable bonds is 17. The van der Waals surface area contributed by atoms with Crippen LogP contribution in [-0.2, 0) is 17.6 Å². The molecule has 3 heteroatoms. The largest absolute Gasteiger partial charge is 0.508 e. The lowest BCUT2D eigenvalue weighted by Crippen LogP contribution is -2.13. The first-order chi connectivity index (χ1) is 20.0. The van der Waals surface area contributed by atoms with Gasteiger partial charge in [0, 0.05) is 0 Å². The van der Waals surface area contributed by atoms with Crippen molar-refractivity contribution in [3.8, 4) is 22.6 Å². The van der Waals surface area contributed by atoms with Crippen molar-refractivity contribution in [1.29, 1.82) is 0 Å². The summed E-state index contributed by atoms with van der Waals surface area (Å²) in [5.41, 5.74) is 9.89. The van der Waals surface area contributed by atoms with Crippen LogP contribution >= 0.6 is 0 Å². The monoisotopic (exact) mass is 576 g/mol. The second-order valence-electron chi connectivity index (χ2n) is 13.8. The molecule has 0 aromatic heterocycles. The van der Waals surface area contributed by atoms with Gasteiger partial charge < -0.3 is 14.6 Å². The Labute approximate surface area is 258 Å². The molecule has 2 aromatic carbocycles. The fraction of sp³-hybridized carbons (Fsp3) is 0.641. The Bertz CT molecular complexity index is 1170. The first-order valence-corrected chi connectivity index (χ1v) is 16.8. The van der Waals surface area contributed by atoms with Gasteiger partial charge in [-0.05, 0) is 122 Å². The van der Waals surface area contributed by atoms with Gasteiger partial charge in [-0.2, -0.15) is 0 Å². The molecule has 0 aliphatic heterocycles. The van der Waals surface area contributed by atoms with Gasteiger partial charge in [0.1, 0.15) is 11.5 Å².